The molecule has 0 N–H and O–H groups in total. The van der Waals surface area contributed by atoms with Crippen molar-refractivity contribution in [2.45, 2.75) is 45.3 Å². The van der Waals surface area contributed by atoms with Gasteiger partial charge in [-0.2, -0.15) is 0 Å². The smallest absolute Gasteiger partial charge is 0.115 e. The molecule has 146 valence electrons. The molecule has 0 aliphatic heterocycles. The van der Waals surface area contributed by atoms with Crippen molar-refractivity contribution in [3.05, 3.63) is 78.5 Å². The topological polar surface area (TPSA) is 12.9 Å². The first-order valence-electron chi connectivity index (χ1n) is 11.0. The Morgan fingerprint density at radius 1 is 0.828 bits per heavy atom. The SMILES string of the molecule is BC1(c2ccc(-c3ccc(-c4ccccc4)nc3)cc2)CC2CCC1(C)C2(C)C. The minimum absolute atomic E-state index is 0.271. The highest BCUT2D eigenvalue weighted by Crippen LogP contribution is 2.72. The van der Waals surface area contributed by atoms with E-state index in [2.05, 4.69) is 89.3 Å². The Bertz CT molecular complexity index is 1020. The maximum Gasteiger partial charge on any atom is 0.115 e. The van der Waals surface area contributed by atoms with Crippen LogP contribution in [0.2, 0.25) is 0 Å². The van der Waals surface area contributed by atoms with Crippen LogP contribution in [0.15, 0.2) is 72.9 Å². The standard InChI is InChI=1S/C27H30BN/c1-25(2)23-15-16-26(25,3)27(28,17-23)22-12-9-19(10-13-22)21-11-14-24(29-18-21)20-7-5-4-6-8-20/h4-14,18,23H,15-17,28H2,1-3H3. The van der Waals surface area contributed by atoms with Crippen LogP contribution in [0, 0.1) is 16.7 Å². The molecular weight excluding hydrogens is 349 g/mol. The zero-order valence-corrected chi connectivity index (χ0v) is 18.1. The summed E-state index contributed by atoms with van der Waals surface area (Å²) in [6, 6.07) is 24.0. The van der Waals surface area contributed by atoms with E-state index in [1.54, 1.807) is 0 Å². The summed E-state index contributed by atoms with van der Waals surface area (Å²) in [5.74, 6) is 0.854. The third kappa shape index (κ3) is 2.58. The Hall–Kier alpha value is -2.35. The van der Waals surface area contributed by atoms with Crippen LogP contribution in [0.3, 0.4) is 0 Å². The van der Waals surface area contributed by atoms with E-state index >= 15 is 0 Å². The molecule has 5 rings (SSSR count). The summed E-state index contributed by atoms with van der Waals surface area (Å²) in [7, 11) is 2.51. The molecule has 0 radical (unpaired) electrons. The number of pyridine rings is 1. The Morgan fingerprint density at radius 3 is 2.07 bits per heavy atom. The van der Waals surface area contributed by atoms with Gasteiger partial charge in [-0.05, 0) is 58.5 Å². The average Bonchev–Trinajstić information content (AvgIpc) is 3.07. The van der Waals surface area contributed by atoms with Gasteiger partial charge in [0.25, 0.3) is 0 Å². The zero-order valence-electron chi connectivity index (χ0n) is 18.1. The number of hydrogen-bond acceptors (Lipinski definition) is 1. The fourth-order valence-electron chi connectivity index (χ4n) is 6.47. The molecule has 2 aliphatic carbocycles. The van der Waals surface area contributed by atoms with Crippen LogP contribution in [-0.4, -0.2) is 12.8 Å². The van der Waals surface area contributed by atoms with Crippen LogP contribution in [0.5, 0.6) is 0 Å². The summed E-state index contributed by atoms with van der Waals surface area (Å²) in [6.07, 6.45) is 6.08. The maximum atomic E-state index is 4.70. The van der Waals surface area contributed by atoms with Gasteiger partial charge < -0.3 is 0 Å². The van der Waals surface area contributed by atoms with Crippen molar-refractivity contribution in [3.8, 4) is 22.4 Å². The lowest BCUT2D eigenvalue weighted by atomic mass is 9.47. The minimum atomic E-state index is 0.271. The molecule has 1 aromatic heterocycles. The van der Waals surface area contributed by atoms with Gasteiger partial charge >= 0.3 is 0 Å². The summed E-state index contributed by atoms with van der Waals surface area (Å²) in [5.41, 5.74) is 6.93. The zero-order chi connectivity index (χ0) is 20.3. The van der Waals surface area contributed by atoms with Crippen molar-refractivity contribution in [1.82, 2.24) is 4.98 Å². The Balaban J connectivity index is 1.43. The highest BCUT2D eigenvalue weighted by atomic mass is 14.7. The summed E-state index contributed by atoms with van der Waals surface area (Å²) >= 11 is 0. The van der Waals surface area contributed by atoms with E-state index in [1.807, 2.05) is 12.3 Å². The molecule has 1 heterocycles. The van der Waals surface area contributed by atoms with Crippen LogP contribution in [0.4, 0.5) is 0 Å². The minimum Gasteiger partial charge on any atom is -0.256 e. The summed E-state index contributed by atoms with van der Waals surface area (Å²) in [6.45, 7) is 7.55. The van der Waals surface area contributed by atoms with Crippen LogP contribution in [0.25, 0.3) is 22.4 Å². The predicted molar refractivity (Wildman–Crippen MR) is 125 cm³/mol. The number of hydrogen-bond donors (Lipinski definition) is 0. The molecule has 2 aromatic carbocycles. The van der Waals surface area contributed by atoms with Crippen molar-refractivity contribution in [3.63, 3.8) is 0 Å². The van der Waals surface area contributed by atoms with Crippen LogP contribution in [0.1, 0.15) is 45.6 Å². The fourth-order valence-corrected chi connectivity index (χ4v) is 6.47. The average molecular weight is 379 g/mol. The van der Waals surface area contributed by atoms with Gasteiger partial charge in [0.1, 0.15) is 7.85 Å². The van der Waals surface area contributed by atoms with Gasteiger partial charge in [0, 0.05) is 17.3 Å². The predicted octanol–water partition coefficient (Wildman–Crippen LogP) is 6.09. The molecule has 2 saturated carbocycles. The monoisotopic (exact) mass is 379 g/mol. The van der Waals surface area contributed by atoms with Gasteiger partial charge in [0.2, 0.25) is 0 Å². The molecule has 2 aliphatic rings. The van der Waals surface area contributed by atoms with Crippen molar-refractivity contribution < 1.29 is 0 Å². The van der Waals surface area contributed by atoms with Gasteiger partial charge in [-0.3, -0.25) is 4.98 Å². The van der Waals surface area contributed by atoms with E-state index in [-0.39, 0.29) is 5.31 Å². The molecule has 2 bridgehead atoms. The van der Waals surface area contributed by atoms with E-state index in [9.17, 15) is 0 Å². The van der Waals surface area contributed by atoms with Crippen molar-refractivity contribution in [2.24, 2.45) is 16.7 Å². The second-order valence-corrected chi connectivity index (χ2v) is 10.2. The molecule has 3 unspecified atom stereocenters. The van der Waals surface area contributed by atoms with E-state index in [0.717, 1.165) is 17.2 Å². The van der Waals surface area contributed by atoms with Crippen molar-refractivity contribution >= 4 is 7.85 Å². The van der Waals surface area contributed by atoms with Crippen molar-refractivity contribution in [1.29, 1.82) is 0 Å². The first-order chi connectivity index (χ1) is 13.9. The van der Waals surface area contributed by atoms with Crippen molar-refractivity contribution in [2.75, 3.05) is 0 Å². The van der Waals surface area contributed by atoms with E-state index in [1.165, 1.54) is 36.0 Å². The third-order valence-electron chi connectivity index (χ3n) is 9.00. The van der Waals surface area contributed by atoms with Gasteiger partial charge in [-0.1, -0.05) is 81.4 Å². The highest BCUT2D eigenvalue weighted by molar-refractivity contribution is 6.17. The molecule has 3 atom stereocenters. The Kier molecular flexibility index (Phi) is 4.07. The lowest BCUT2D eigenvalue weighted by Gasteiger charge is -2.47. The van der Waals surface area contributed by atoms with E-state index in [4.69, 9.17) is 4.98 Å². The molecule has 1 nitrogen and oxygen atoms in total. The summed E-state index contributed by atoms with van der Waals surface area (Å²) in [4.78, 5) is 4.70. The Labute approximate surface area is 176 Å². The molecule has 0 spiro atoms. The highest BCUT2D eigenvalue weighted by Gasteiger charge is 2.66. The molecule has 2 fully saturated rings. The van der Waals surface area contributed by atoms with E-state index < -0.39 is 0 Å². The number of aromatic nitrogens is 1. The molecule has 0 amide bonds. The molecule has 2 heteroatoms. The fraction of sp³-hybridized carbons (Fsp3) is 0.370. The second kappa shape index (κ2) is 6.32. The largest absolute Gasteiger partial charge is 0.256 e. The molecule has 29 heavy (non-hydrogen) atoms. The third-order valence-corrected chi connectivity index (χ3v) is 9.00. The van der Waals surface area contributed by atoms with Crippen LogP contribution >= 0.6 is 0 Å². The quantitative estimate of drug-likeness (QED) is 0.502. The van der Waals surface area contributed by atoms with Crippen LogP contribution < -0.4 is 0 Å². The summed E-state index contributed by atoms with van der Waals surface area (Å²) < 4.78 is 0. The Morgan fingerprint density at radius 2 is 1.52 bits per heavy atom. The first-order valence-corrected chi connectivity index (χ1v) is 11.0. The van der Waals surface area contributed by atoms with Gasteiger partial charge in [-0.25, -0.2) is 0 Å². The number of nitrogens with zero attached hydrogens (tertiary/aromatic N) is 1. The normalized spacial score (nSPS) is 29.8. The molecule has 0 saturated heterocycles. The molecule has 3 aromatic rings. The van der Waals surface area contributed by atoms with Crippen LogP contribution in [-0.2, 0) is 5.31 Å². The summed E-state index contributed by atoms with van der Waals surface area (Å²) in [5, 5.41) is 0.271. The van der Waals surface area contributed by atoms with Gasteiger partial charge in [0.15, 0.2) is 0 Å². The maximum absolute atomic E-state index is 4.70. The van der Waals surface area contributed by atoms with Gasteiger partial charge in [-0.15, -0.1) is 0 Å². The van der Waals surface area contributed by atoms with E-state index in [0.29, 0.717) is 10.8 Å². The molecular formula is C27H30BN. The van der Waals surface area contributed by atoms with Gasteiger partial charge in [0.05, 0.1) is 5.69 Å². The number of fused-ring (bicyclic) bond motifs is 2. The number of rotatable bonds is 3. The second-order valence-electron chi connectivity index (χ2n) is 10.2. The first kappa shape index (κ1) is 18.7. The lowest BCUT2D eigenvalue weighted by molar-refractivity contribution is 0.117. The lowest BCUT2D eigenvalue weighted by Crippen LogP contribution is -2.45. The number of benzene rings is 2.